The van der Waals surface area contributed by atoms with E-state index in [1.807, 2.05) is 44.2 Å². The second-order valence-corrected chi connectivity index (χ2v) is 7.24. The van der Waals surface area contributed by atoms with Crippen molar-refractivity contribution in [3.63, 3.8) is 0 Å². The van der Waals surface area contributed by atoms with Crippen molar-refractivity contribution in [1.82, 2.24) is 0 Å². The molecule has 25 heavy (non-hydrogen) atoms. The highest BCUT2D eigenvalue weighted by Gasteiger charge is 2.16. The predicted octanol–water partition coefficient (Wildman–Crippen LogP) is 3.22. The average molecular weight is 359 g/mol. The van der Waals surface area contributed by atoms with Crippen LogP contribution >= 0.6 is 11.3 Å². The molecule has 0 saturated carbocycles. The van der Waals surface area contributed by atoms with Crippen LogP contribution in [0.25, 0.3) is 0 Å². The molecular weight excluding hydrogens is 334 g/mol. The van der Waals surface area contributed by atoms with E-state index >= 15 is 0 Å². The van der Waals surface area contributed by atoms with E-state index in [4.69, 9.17) is 15.2 Å². The van der Waals surface area contributed by atoms with Crippen LogP contribution in [0, 0.1) is 11.8 Å². The van der Waals surface area contributed by atoms with Crippen molar-refractivity contribution in [1.29, 1.82) is 0 Å². The Bertz CT molecular complexity index is 711. The summed E-state index contributed by atoms with van der Waals surface area (Å²) in [5, 5.41) is 9.19. The minimum absolute atomic E-state index is 0.00603. The Hall–Kier alpha value is -2.00. The van der Waals surface area contributed by atoms with Gasteiger partial charge in [-0.2, -0.15) is 0 Å². The highest BCUT2D eigenvalue weighted by atomic mass is 32.1. The molecule has 5 heteroatoms. The molecule has 0 saturated heterocycles. The van der Waals surface area contributed by atoms with Crippen molar-refractivity contribution >= 4 is 11.3 Å². The topological polar surface area (TPSA) is 64.7 Å². The summed E-state index contributed by atoms with van der Waals surface area (Å²) in [7, 11) is 0. The largest absolute Gasteiger partial charge is 0.494 e. The summed E-state index contributed by atoms with van der Waals surface area (Å²) >= 11 is 1.65. The molecule has 0 radical (unpaired) electrons. The molecule has 1 aromatic heterocycles. The third kappa shape index (κ3) is 6.79. The van der Waals surface area contributed by atoms with E-state index in [0.29, 0.717) is 13.2 Å². The second-order valence-electron chi connectivity index (χ2n) is 6.07. The molecule has 1 unspecified atom stereocenters. The van der Waals surface area contributed by atoms with E-state index in [1.54, 1.807) is 11.3 Å². The van der Waals surface area contributed by atoms with Crippen LogP contribution in [0.2, 0.25) is 0 Å². The quantitative estimate of drug-likeness (QED) is 0.710. The Labute approximate surface area is 153 Å². The van der Waals surface area contributed by atoms with Crippen molar-refractivity contribution in [2.45, 2.75) is 32.2 Å². The van der Waals surface area contributed by atoms with Gasteiger partial charge in [-0.3, -0.25) is 0 Å². The molecule has 1 heterocycles. The summed E-state index contributed by atoms with van der Waals surface area (Å²) in [6.45, 7) is 4.80. The fourth-order valence-electron chi connectivity index (χ4n) is 2.11. The first kappa shape index (κ1) is 19.3. The SMILES string of the molecule is CCOc1ccc(OCC#Cc2ccc(CCC(C)(N)CO)s2)cc1. The third-order valence-corrected chi connectivity index (χ3v) is 4.68. The van der Waals surface area contributed by atoms with Crippen LogP contribution in [-0.2, 0) is 6.42 Å². The number of hydrogen-bond donors (Lipinski definition) is 2. The molecule has 0 bridgehead atoms. The monoisotopic (exact) mass is 359 g/mol. The summed E-state index contributed by atoms with van der Waals surface area (Å²) in [4.78, 5) is 2.23. The van der Waals surface area contributed by atoms with Crippen molar-refractivity contribution in [2.75, 3.05) is 19.8 Å². The lowest BCUT2D eigenvalue weighted by molar-refractivity contribution is 0.201. The summed E-state index contributed by atoms with van der Waals surface area (Å²) in [6, 6.07) is 11.6. The molecule has 4 nitrogen and oxygen atoms in total. The normalized spacial score (nSPS) is 12.8. The zero-order chi connectivity index (χ0) is 18.1. The maximum atomic E-state index is 9.19. The van der Waals surface area contributed by atoms with Gasteiger partial charge in [-0.05, 0) is 63.1 Å². The Morgan fingerprint density at radius 1 is 1.12 bits per heavy atom. The molecule has 3 N–H and O–H groups in total. The van der Waals surface area contributed by atoms with Gasteiger partial charge < -0.3 is 20.3 Å². The maximum Gasteiger partial charge on any atom is 0.149 e. The molecule has 0 spiro atoms. The van der Waals surface area contributed by atoms with E-state index in [0.717, 1.165) is 29.2 Å². The molecule has 0 aliphatic heterocycles. The van der Waals surface area contributed by atoms with Crippen LogP contribution in [0.15, 0.2) is 36.4 Å². The summed E-state index contributed by atoms with van der Waals surface area (Å²) in [5.41, 5.74) is 5.43. The predicted molar refractivity (Wildman–Crippen MR) is 102 cm³/mol. The number of nitrogens with two attached hydrogens (primary N) is 1. The minimum Gasteiger partial charge on any atom is -0.494 e. The fraction of sp³-hybridized carbons (Fsp3) is 0.400. The summed E-state index contributed by atoms with van der Waals surface area (Å²) in [6.07, 6.45) is 1.60. The molecule has 1 atom stereocenters. The molecule has 0 aliphatic rings. The van der Waals surface area contributed by atoms with Gasteiger partial charge in [-0.1, -0.05) is 11.8 Å². The van der Waals surface area contributed by atoms with Gasteiger partial charge in [0.2, 0.25) is 0 Å². The maximum absolute atomic E-state index is 9.19. The molecule has 0 fully saturated rings. The summed E-state index contributed by atoms with van der Waals surface area (Å²) < 4.78 is 11.0. The lowest BCUT2D eigenvalue weighted by atomic mass is 9.98. The van der Waals surface area contributed by atoms with Crippen LogP contribution in [0.4, 0.5) is 0 Å². The number of aryl methyl sites for hydroxylation is 1. The molecule has 0 amide bonds. The molecule has 1 aromatic carbocycles. The molecule has 2 aromatic rings. The Morgan fingerprint density at radius 3 is 2.44 bits per heavy atom. The van der Waals surface area contributed by atoms with E-state index in [1.165, 1.54) is 4.88 Å². The number of rotatable bonds is 8. The van der Waals surface area contributed by atoms with E-state index in [-0.39, 0.29) is 6.61 Å². The molecule has 0 aliphatic carbocycles. The number of aliphatic hydroxyl groups excluding tert-OH is 1. The van der Waals surface area contributed by atoms with Crippen LogP contribution in [-0.4, -0.2) is 30.5 Å². The van der Waals surface area contributed by atoms with Crippen LogP contribution in [0.3, 0.4) is 0 Å². The first-order chi connectivity index (χ1) is 12.0. The van der Waals surface area contributed by atoms with Crippen LogP contribution in [0.5, 0.6) is 11.5 Å². The lowest BCUT2D eigenvalue weighted by Crippen LogP contribution is -2.40. The third-order valence-electron chi connectivity index (χ3n) is 3.62. The average Bonchev–Trinajstić information content (AvgIpc) is 3.07. The van der Waals surface area contributed by atoms with Gasteiger partial charge in [-0.25, -0.2) is 0 Å². The smallest absolute Gasteiger partial charge is 0.149 e. The first-order valence-corrected chi connectivity index (χ1v) is 9.17. The van der Waals surface area contributed by atoms with Gasteiger partial charge in [0.25, 0.3) is 0 Å². The number of benzene rings is 1. The van der Waals surface area contributed by atoms with Gasteiger partial charge >= 0.3 is 0 Å². The zero-order valence-corrected chi connectivity index (χ0v) is 15.6. The van der Waals surface area contributed by atoms with Crippen LogP contribution < -0.4 is 15.2 Å². The van der Waals surface area contributed by atoms with E-state index in [9.17, 15) is 5.11 Å². The zero-order valence-electron chi connectivity index (χ0n) is 14.7. The molecule has 134 valence electrons. The number of aliphatic hydroxyl groups is 1. The van der Waals surface area contributed by atoms with Crippen molar-refractivity contribution in [2.24, 2.45) is 5.73 Å². The Kier molecular flexibility index (Phi) is 7.32. The first-order valence-electron chi connectivity index (χ1n) is 8.35. The molecular formula is C20H25NO3S. The van der Waals surface area contributed by atoms with Crippen molar-refractivity contribution < 1.29 is 14.6 Å². The minimum atomic E-state index is -0.526. The summed E-state index contributed by atoms with van der Waals surface area (Å²) in [5.74, 6) is 7.75. The van der Waals surface area contributed by atoms with Gasteiger partial charge in [0.1, 0.15) is 18.1 Å². The second kappa shape index (κ2) is 9.47. The van der Waals surface area contributed by atoms with Gasteiger partial charge in [0.15, 0.2) is 0 Å². The highest BCUT2D eigenvalue weighted by molar-refractivity contribution is 7.12. The van der Waals surface area contributed by atoms with Gasteiger partial charge in [-0.15, -0.1) is 11.3 Å². The Balaban J connectivity index is 1.79. The standard InChI is InChI=1S/C20H25NO3S/c1-3-23-16-6-8-17(9-7-16)24-14-4-5-18-10-11-19(25-18)12-13-20(2,21)15-22/h6-11,22H,3,12-15,21H2,1-2H3. The number of thiophene rings is 1. The van der Waals surface area contributed by atoms with Crippen molar-refractivity contribution in [3.8, 4) is 23.3 Å². The van der Waals surface area contributed by atoms with Gasteiger partial charge in [0, 0.05) is 10.4 Å². The van der Waals surface area contributed by atoms with E-state index < -0.39 is 5.54 Å². The lowest BCUT2D eigenvalue weighted by Gasteiger charge is -2.20. The fourth-order valence-corrected chi connectivity index (χ4v) is 2.99. The molecule has 2 rings (SSSR count). The number of hydrogen-bond acceptors (Lipinski definition) is 5. The van der Waals surface area contributed by atoms with E-state index in [2.05, 4.69) is 17.9 Å². The van der Waals surface area contributed by atoms with Crippen LogP contribution in [0.1, 0.15) is 30.0 Å². The van der Waals surface area contributed by atoms with Gasteiger partial charge in [0.05, 0.1) is 18.1 Å². The van der Waals surface area contributed by atoms with Crippen molar-refractivity contribution in [3.05, 3.63) is 46.2 Å². The number of ether oxygens (including phenoxy) is 2. The highest BCUT2D eigenvalue weighted by Crippen LogP contribution is 2.20. The Morgan fingerprint density at radius 2 is 1.80 bits per heavy atom.